The van der Waals surface area contributed by atoms with Gasteiger partial charge in [0, 0.05) is 37.6 Å². The highest BCUT2D eigenvalue weighted by Gasteiger charge is 2.08. The van der Waals surface area contributed by atoms with Gasteiger partial charge in [-0.15, -0.1) is 0 Å². The topological polar surface area (TPSA) is 6.48 Å². The number of anilines is 2. The largest absolute Gasteiger partial charge is 0.372 e. The summed E-state index contributed by atoms with van der Waals surface area (Å²) in [4.78, 5) is 5.21. The van der Waals surface area contributed by atoms with E-state index >= 15 is 0 Å². The average Bonchev–Trinajstić information content (AvgIpc) is 3.34. The summed E-state index contributed by atoms with van der Waals surface area (Å²) in [6, 6.07) is 44.7. The van der Waals surface area contributed by atoms with Crippen LogP contribution in [0, 0.1) is 0 Å². The predicted octanol–water partition coefficient (Wildman–Crippen LogP) is 18.3. The molecule has 338 valence electrons. The van der Waals surface area contributed by atoms with Crippen LogP contribution in [0.2, 0.25) is 0 Å². The Kier molecular flexibility index (Phi) is 23.2. The number of nitrogens with zero attached hydrogens (tertiary/aromatic N) is 2. The fourth-order valence-corrected chi connectivity index (χ4v) is 8.17. The van der Waals surface area contributed by atoms with Crippen molar-refractivity contribution >= 4 is 60.0 Å². The normalized spacial score (nSPS) is 11.8. The summed E-state index contributed by atoms with van der Waals surface area (Å²) in [5.41, 5.74) is 12.4. The Bertz CT molecular complexity index is 1900. The molecule has 0 spiro atoms. The molecular formula is C62H80N2. The first-order valence-corrected chi connectivity index (χ1v) is 25.3. The third-order valence-corrected chi connectivity index (χ3v) is 12.3. The summed E-state index contributed by atoms with van der Waals surface area (Å²) in [6.07, 6.45) is 38.6. The molecule has 0 fully saturated rings. The number of rotatable bonds is 30. The lowest BCUT2D eigenvalue weighted by Gasteiger charge is -2.25. The highest BCUT2D eigenvalue weighted by atomic mass is 15.1. The van der Waals surface area contributed by atoms with Gasteiger partial charge in [-0.2, -0.15) is 0 Å². The van der Waals surface area contributed by atoms with Gasteiger partial charge in [0.05, 0.1) is 0 Å². The quantitative estimate of drug-likeness (QED) is 0.0335. The zero-order valence-electron chi connectivity index (χ0n) is 40.2. The van der Waals surface area contributed by atoms with Crippen molar-refractivity contribution in [1.82, 2.24) is 0 Å². The van der Waals surface area contributed by atoms with Gasteiger partial charge in [0.25, 0.3) is 0 Å². The van der Waals surface area contributed by atoms with Crippen LogP contribution in [0.3, 0.4) is 0 Å². The summed E-state index contributed by atoms with van der Waals surface area (Å²) in [6.45, 7) is 13.8. The second-order valence-corrected chi connectivity index (χ2v) is 17.7. The zero-order chi connectivity index (χ0) is 44.9. The molecule has 5 aromatic carbocycles. The first-order chi connectivity index (χ1) is 31.6. The Labute approximate surface area is 390 Å². The van der Waals surface area contributed by atoms with E-state index in [0.29, 0.717) is 0 Å². The molecule has 0 atom stereocenters. The van der Waals surface area contributed by atoms with Crippen LogP contribution in [0.15, 0.2) is 121 Å². The van der Waals surface area contributed by atoms with Crippen molar-refractivity contribution in [2.45, 2.75) is 130 Å². The van der Waals surface area contributed by atoms with Crippen molar-refractivity contribution in [3.05, 3.63) is 166 Å². The molecule has 5 rings (SSSR count). The van der Waals surface area contributed by atoms with Crippen LogP contribution in [-0.2, 0) is 0 Å². The van der Waals surface area contributed by atoms with Crippen molar-refractivity contribution in [3.63, 3.8) is 0 Å². The van der Waals surface area contributed by atoms with Crippen molar-refractivity contribution in [3.8, 4) is 0 Å². The van der Waals surface area contributed by atoms with Crippen LogP contribution in [0.25, 0.3) is 48.6 Å². The summed E-state index contributed by atoms with van der Waals surface area (Å²) >= 11 is 0. The van der Waals surface area contributed by atoms with E-state index in [1.165, 1.54) is 159 Å². The molecule has 0 amide bonds. The van der Waals surface area contributed by atoms with Gasteiger partial charge in [-0.1, -0.05) is 250 Å². The lowest BCUT2D eigenvalue weighted by Crippen LogP contribution is -2.25. The van der Waals surface area contributed by atoms with Crippen LogP contribution in [0.1, 0.15) is 175 Å². The molecule has 0 aromatic heterocycles. The van der Waals surface area contributed by atoms with Crippen molar-refractivity contribution in [2.24, 2.45) is 0 Å². The minimum Gasteiger partial charge on any atom is -0.372 e. The van der Waals surface area contributed by atoms with E-state index in [1.54, 1.807) is 0 Å². The second-order valence-electron chi connectivity index (χ2n) is 17.7. The van der Waals surface area contributed by atoms with Gasteiger partial charge < -0.3 is 9.80 Å². The van der Waals surface area contributed by atoms with Gasteiger partial charge in [0.2, 0.25) is 0 Å². The lowest BCUT2D eigenvalue weighted by atomic mass is 10.1. The molecule has 0 heterocycles. The van der Waals surface area contributed by atoms with Crippen molar-refractivity contribution < 1.29 is 0 Å². The summed E-state index contributed by atoms with van der Waals surface area (Å²) in [5, 5.41) is 0. The SMILES string of the molecule is CCCCCCN(CCCCCC)c1ccc(/C=C/c2ccc(/C=C/c3ccc(/C=C/c4ccc(/C=C/c5ccc(N(CCCCCC)CCCCCC)cc5)cc4)cc3)cc2)cc1. The van der Waals surface area contributed by atoms with Gasteiger partial charge in [-0.25, -0.2) is 0 Å². The number of hydrogen-bond donors (Lipinski definition) is 0. The minimum absolute atomic E-state index is 1.16. The number of unbranched alkanes of at least 4 members (excludes halogenated alkanes) is 12. The predicted molar refractivity (Wildman–Crippen MR) is 289 cm³/mol. The van der Waals surface area contributed by atoms with E-state index in [4.69, 9.17) is 0 Å². The van der Waals surface area contributed by atoms with Gasteiger partial charge in [0.1, 0.15) is 0 Å². The highest BCUT2D eigenvalue weighted by Crippen LogP contribution is 2.22. The summed E-state index contributed by atoms with van der Waals surface area (Å²) < 4.78 is 0. The van der Waals surface area contributed by atoms with E-state index in [9.17, 15) is 0 Å². The van der Waals surface area contributed by atoms with Crippen LogP contribution in [0.5, 0.6) is 0 Å². The molecule has 0 radical (unpaired) electrons. The third-order valence-electron chi connectivity index (χ3n) is 12.3. The fourth-order valence-electron chi connectivity index (χ4n) is 8.17. The molecule has 2 nitrogen and oxygen atoms in total. The van der Waals surface area contributed by atoms with E-state index in [2.05, 4.69) is 207 Å². The molecule has 0 bridgehead atoms. The first-order valence-electron chi connectivity index (χ1n) is 25.3. The molecule has 0 aliphatic heterocycles. The smallest absolute Gasteiger partial charge is 0.0366 e. The Morgan fingerprint density at radius 2 is 0.406 bits per heavy atom. The molecule has 0 aliphatic rings. The van der Waals surface area contributed by atoms with Crippen LogP contribution < -0.4 is 9.80 Å². The Morgan fingerprint density at radius 1 is 0.234 bits per heavy atom. The molecular weight excluding hydrogens is 773 g/mol. The molecule has 0 saturated carbocycles. The minimum atomic E-state index is 1.16. The molecule has 64 heavy (non-hydrogen) atoms. The van der Waals surface area contributed by atoms with Gasteiger partial charge in [-0.05, 0) is 94.5 Å². The standard InChI is InChI=1S/C62H80N2/c1-5-9-13-17-49-63(50-18-14-10-6-2)61-45-41-59(42-46-61)39-37-57-33-29-55(30-34-57)27-25-53-21-23-54(24-22-53)26-28-56-31-35-58(36-32-56)38-40-60-43-47-62(48-44-60)64(51-19-15-11-7-3)52-20-16-12-8-4/h21-48H,5-20,49-52H2,1-4H3/b27-25+,28-26+,39-37+,40-38+. The molecule has 0 aliphatic carbocycles. The second kappa shape index (κ2) is 29.9. The lowest BCUT2D eigenvalue weighted by molar-refractivity contribution is 0.609. The van der Waals surface area contributed by atoms with Crippen LogP contribution >= 0.6 is 0 Å². The van der Waals surface area contributed by atoms with Crippen molar-refractivity contribution in [2.75, 3.05) is 36.0 Å². The number of benzene rings is 5. The number of hydrogen-bond acceptors (Lipinski definition) is 2. The van der Waals surface area contributed by atoms with E-state index in [0.717, 1.165) is 26.2 Å². The molecule has 0 N–H and O–H groups in total. The maximum absolute atomic E-state index is 2.61. The molecule has 0 unspecified atom stereocenters. The molecule has 2 heteroatoms. The Balaban J connectivity index is 1.07. The van der Waals surface area contributed by atoms with E-state index in [-0.39, 0.29) is 0 Å². The third kappa shape index (κ3) is 18.8. The average molecular weight is 853 g/mol. The molecule has 0 saturated heterocycles. The maximum atomic E-state index is 2.61. The van der Waals surface area contributed by atoms with Gasteiger partial charge in [0.15, 0.2) is 0 Å². The first kappa shape index (κ1) is 49.7. The van der Waals surface area contributed by atoms with Crippen LogP contribution in [0.4, 0.5) is 11.4 Å². The zero-order valence-corrected chi connectivity index (χ0v) is 40.2. The van der Waals surface area contributed by atoms with E-state index < -0.39 is 0 Å². The Hall–Kier alpha value is -5.34. The monoisotopic (exact) mass is 853 g/mol. The highest BCUT2D eigenvalue weighted by molar-refractivity contribution is 5.76. The maximum Gasteiger partial charge on any atom is 0.0366 e. The van der Waals surface area contributed by atoms with Crippen molar-refractivity contribution in [1.29, 1.82) is 0 Å². The summed E-state index contributed by atoms with van der Waals surface area (Å²) in [7, 11) is 0. The van der Waals surface area contributed by atoms with Gasteiger partial charge >= 0.3 is 0 Å². The fraction of sp³-hybridized carbons (Fsp3) is 0.387. The summed E-state index contributed by atoms with van der Waals surface area (Å²) in [5.74, 6) is 0. The van der Waals surface area contributed by atoms with Gasteiger partial charge in [-0.3, -0.25) is 0 Å². The van der Waals surface area contributed by atoms with Crippen LogP contribution in [-0.4, -0.2) is 26.2 Å². The molecule has 5 aromatic rings. The van der Waals surface area contributed by atoms with E-state index in [1.807, 2.05) is 0 Å². The Morgan fingerprint density at radius 3 is 0.578 bits per heavy atom.